The third kappa shape index (κ3) is 12.3. The molecule has 1 aliphatic carbocycles. The molecule has 0 amide bonds. The number of hydrogen-bond acceptors (Lipinski definition) is 0. The van der Waals surface area contributed by atoms with Crippen LogP contribution in [0.2, 0.25) is 0 Å². The van der Waals surface area contributed by atoms with E-state index in [2.05, 4.69) is 206 Å². The molecule has 0 radical (unpaired) electrons. The zero-order chi connectivity index (χ0) is 40.7. The van der Waals surface area contributed by atoms with Crippen molar-refractivity contribution in [2.24, 2.45) is 7.05 Å². The molecule has 1 heteroatoms. The number of aromatic nitrogens is 1. The Balaban J connectivity index is 0.000000197. The molecule has 0 N–H and O–H groups in total. The first-order chi connectivity index (χ1) is 28.3. The van der Waals surface area contributed by atoms with Crippen LogP contribution >= 0.6 is 0 Å². The second-order valence-electron chi connectivity index (χ2n) is 12.5. The van der Waals surface area contributed by atoms with E-state index in [-0.39, 0.29) is 7.43 Å². The van der Waals surface area contributed by atoms with Crippen LogP contribution in [-0.2, 0) is 13.5 Å². The number of rotatable bonds is 2. The Hall–Kier alpha value is -6.44. The number of para-hydroxylation sites is 2. The minimum atomic E-state index is 0. The average Bonchev–Trinajstić information content (AvgIpc) is 3.85. The van der Waals surface area contributed by atoms with E-state index in [1.165, 1.54) is 66.3 Å². The van der Waals surface area contributed by atoms with E-state index in [0.29, 0.717) is 0 Å². The smallest absolute Gasteiger partial charge is 0.0488 e. The highest BCUT2D eigenvalue weighted by Crippen LogP contribution is 2.35. The van der Waals surface area contributed by atoms with Gasteiger partial charge in [-0.1, -0.05) is 255 Å². The standard InChI is InChI=1S/C13H11N.C13H10.2C12H10.3C2H6.CH4/c1-14-12-8-4-2-6-10(12)11-7-3-5-9-13(11)14;1-3-7-12-10(5-1)9-11-6-2-4-8-13(11)12;2*1-3-7-11(8-4-1)12-9-5-2-6-10-12;3*1-2;/h2-9H,1H3;1-8H,9H2;2*1-10H;3*1-2H3;1H4. The highest BCUT2D eigenvalue weighted by molar-refractivity contribution is 6.07. The van der Waals surface area contributed by atoms with Crippen molar-refractivity contribution in [1.82, 2.24) is 4.57 Å². The van der Waals surface area contributed by atoms with Gasteiger partial charge in [0.05, 0.1) is 0 Å². The summed E-state index contributed by atoms with van der Waals surface area (Å²) < 4.78 is 2.24. The molecule has 0 aliphatic heterocycles. The molecule has 58 heavy (non-hydrogen) atoms. The van der Waals surface area contributed by atoms with Crippen molar-refractivity contribution >= 4 is 21.8 Å². The Labute approximate surface area is 350 Å². The lowest BCUT2D eigenvalue weighted by Gasteiger charge is -1.98. The van der Waals surface area contributed by atoms with Crippen molar-refractivity contribution in [3.63, 3.8) is 0 Å². The van der Waals surface area contributed by atoms with Crippen molar-refractivity contribution in [3.8, 4) is 33.4 Å². The Kier molecular flexibility index (Phi) is 20.3. The van der Waals surface area contributed by atoms with Gasteiger partial charge in [-0.2, -0.15) is 0 Å². The molecule has 0 saturated carbocycles. The number of nitrogens with zero attached hydrogens (tertiary/aromatic N) is 1. The average molecular weight is 762 g/mol. The predicted molar refractivity (Wildman–Crippen MR) is 260 cm³/mol. The number of fused-ring (bicyclic) bond motifs is 6. The molecule has 1 aliphatic rings. The van der Waals surface area contributed by atoms with Crippen LogP contribution in [0, 0.1) is 0 Å². The van der Waals surface area contributed by atoms with E-state index >= 15 is 0 Å². The van der Waals surface area contributed by atoms with Gasteiger partial charge in [-0.05, 0) is 63.1 Å². The van der Waals surface area contributed by atoms with E-state index in [1.54, 1.807) is 0 Å². The topological polar surface area (TPSA) is 4.93 Å². The van der Waals surface area contributed by atoms with E-state index in [9.17, 15) is 0 Å². The Morgan fingerprint density at radius 1 is 0.293 bits per heavy atom. The summed E-state index contributed by atoms with van der Waals surface area (Å²) in [4.78, 5) is 0. The minimum absolute atomic E-state index is 0. The molecule has 0 spiro atoms. The lowest BCUT2D eigenvalue weighted by Crippen LogP contribution is -1.84. The van der Waals surface area contributed by atoms with Gasteiger partial charge in [-0.15, -0.1) is 0 Å². The van der Waals surface area contributed by atoms with Crippen molar-refractivity contribution in [2.45, 2.75) is 55.4 Å². The molecular formula is C57H63N. The fraction of sp³-hybridized carbons (Fsp3) is 0.158. The fourth-order valence-electron chi connectivity index (χ4n) is 6.72. The van der Waals surface area contributed by atoms with Gasteiger partial charge in [-0.3, -0.25) is 0 Å². The highest BCUT2D eigenvalue weighted by Gasteiger charge is 2.15. The van der Waals surface area contributed by atoms with Crippen molar-refractivity contribution in [3.05, 3.63) is 230 Å². The van der Waals surface area contributed by atoms with Gasteiger partial charge in [0, 0.05) is 28.9 Å². The molecular weight excluding hydrogens is 699 g/mol. The molecule has 9 aromatic rings. The Morgan fingerprint density at radius 3 is 0.845 bits per heavy atom. The van der Waals surface area contributed by atoms with E-state index in [1.807, 2.05) is 65.8 Å². The Bertz CT molecular complexity index is 2180. The van der Waals surface area contributed by atoms with Crippen LogP contribution in [0.4, 0.5) is 0 Å². The van der Waals surface area contributed by atoms with Crippen molar-refractivity contribution in [2.75, 3.05) is 0 Å². The predicted octanol–water partition coefficient (Wildman–Crippen LogP) is 17.0. The largest absolute Gasteiger partial charge is 0.344 e. The summed E-state index contributed by atoms with van der Waals surface area (Å²) in [6, 6.07) is 75.9. The molecule has 0 atom stereocenters. The summed E-state index contributed by atoms with van der Waals surface area (Å²) in [7, 11) is 2.12. The molecule has 10 rings (SSSR count). The Morgan fingerprint density at radius 2 is 0.534 bits per heavy atom. The molecule has 0 unspecified atom stereocenters. The van der Waals surface area contributed by atoms with E-state index in [0.717, 1.165) is 6.42 Å². The van der Waals surface area contributed by atoms with Crippen LogP contribution in [0.5, 0.6) is 0 Å². The second kappa shape index (κ2) is 25.7. The molecule has 1 nitrogen and oxygen atoms in total. The normalized spacial score (nSPS) is 9.78. The van der Waals surface area contributed by atoms with Gasteiger partial charge in [0.15, 0.2) is 0 Å². The van der Waals surface area contributed by atoms with E-state index < -0.39 is 0 Å². The zero-order valence-corrected chi connectivity index (χ0v) is 34.9. The van der Waals surface area contributed by atoms with E-state index in [4.69, 9.17) is 0 Å². The zero-order valence-electron chi connectivity index (χ0n) is 34.9. The number of hydrogen-bond donors (Lipinski definition) is 0. The summed E-state index contributed by atoms with van der Waals surface area (Å²) in [5, 5.41) is 2.68. The molecule has 1 aromatic heterocycles. The molecule has 8 aromatic carbocycles. The van der Waals surface area contributed by atoms with Crippen LogP contribution in [0.15, 0.2) is 218 Å². The van der Waals surface area contributed by atoms with Crippen LogP contribution in [0.3, 0.4) is 0 Å². The first-order valence-corrected chi connectivity index (χ1v) is 20.6. The lowest BCUT2D eigenvalue weighted by atomic mass is 10.1. The van der Waals surface area contributed by atoms with Crippen LogP contribution < -0.4 is 0 Å². The summed E-state index contributed by atoms with van der Waals surface area (Å²) in [6.45, 7) is 12.0. The fourth-order valence-corrected chi connectivity index (χ4v) is 6.72. The third-order valence-corrected chi connectivity index (χ3v) is 9.29. The lowest BCUT2D eigenvalue weighted by molar-refractivity contribution is 1.01. The first kappa shape index (κ1) is 45.9. The maximum atomic E-state index is 2.24. The summed E-state index contributed by atoms with van der Waals surface area (Å²) >= 11 is 0. The third-order valence-electron chi connectivity index (χ3n) is 9.29. The number of aryl methyl sites for hydroxylation is 1. The molecule has 296 valence electrons. The summed E-state index contributed by atoms with van der Waals surface area (Å²) in [5.74, 6) is 0. The van der Waals surface area contributed by atoms with Gasteiger partial charge in [0.2, 0.25) is 0 Å². The second-order valence-corrected chi connectivity index (χ2v) is 12.5. The van der Waals surface area contributed by atoms with Crippen LogP contribution in [0.1, 0.15) is 60.1 Å². The maximum Gasteiger partial charge on any atom is 0.0488 e. The quantitative estimate of drug-likeness (QED) is 0.165. The summed E-state index contributed by atoms with van der Waals surface area (Å²) in [5.41, 5.74) is 13.5. The van der Waals surface area contributed by atoms with Gasteiger partial charge < -0.3 is 4.57 Å². The monoisotopic (exact) mass is 761 g/mol. The van der Waals surface area contributed by atoms with Gasteiger partial charge in [0.25, 0.3) is 0 Å². The van der Waals surface area contributed by atoms with Crippen molar-refractivity contribution in [1.29, 1.82) is 0 Å². The van der Waals surface area contributed by atoms with Gasteiger partial charge in [0.1, 0.15) is 0 Å². The van der Waals surface area contributed by atoms with Gasteiger partial charge >= 0.3 is 0 Å². The highest BCUT2D eigenvalue weighted by atomic mass is 14.9. The van der Waals surface area contributed by atoms with Gasteiger partial charge in [-0.25, -0.2) is 0 Å². The SMILES string of the molecule is C.CC.CC.CC.Cn1c2ccccc2c2ccccc21.c1ccc(-c2ccccc2)cc1.c1ccc(-c2ccccc2)cc1.c1ccc2c(c1)Cc1ccccc1-2. The minimum Gasteiger partial charge on any atom is -0.344 e. The maximum absolute atomic E-state index is 2.24. The molecule has 1 heterocycles. The first-order valence-electron chi connectivity index (χ1n) is 20.6. The van der Waals surface area contributed by atoms with Crippen molar-refractivity contribution < 1.29 is 0 Å². The summed E-state index contributed by atoms with van der Waals surface area (Å²) in [6.07, 6.45) is 1.10. The molecule has 0 fully saturated rings. The van der Waals surface area contributed by atoms with Crippen LogP contribution in [-0.4, -0.2) is 4.57 Å². The molecule has 0 saturated heterocycles. The van der Waals surface area contributed by atoms with Crippen LogP contribution in [0.25, 0.3) is 55.2 Å². The molecule has 0 bridgehead atoms. The number of benzene rings is 8.